The van der Waals surface area contributed by atoms with E-state index >= 15 is 0 Å². The van der Waals surface area contributed by atoms with Crippen molar-refractivity contribution in [2.24, 2.45) is 0 Å². The highest BCUT2D eigenvalue weighted by Gasteiger charge is 2.28. The van der Waals surface area contributed by atoms with E-state index in [1.165, 1.54) is 12.1 Å². The van der Waals surface area contributed by atoms with Crippen LogP contribution in [0.2, 0.25) is 10.0 Å². The largest absolute Gasteiger partial charge is 0.505 e. The standard InChI is InChI=1S/C12H6Br2Cl2O4S/c13-7-1-5(15)3-9(11(7)17)21(19,20)10-4-6(16)2-8(14)12(10)18/h1-4,17-18H. The highest BCUT2D eigenvalue weighted by Crippen LogP contribution is 2.42. The number of phenolic OH excluding ortho intramolecular Hbond substituents is 2. The Bertz CT molecular complexity index is 774. The van der Waals surface area contributed by atoms with Gasteiger partial charge in [0.15, 0.2) is 0 Å². The number of halogens is 4. The number of rotatable bonds is 2. The van der Waals surface area contributed by atoms with Crippen molar-refractivity contribution in [3.05, 3.63) is 43.3 Å². The third-order valence-electron chi connectivity index (χ3n) is 2.57. The van der Waals surface area contributed by atoms with Gasteiger partial charge in [0, 0.05) is 10.0 Å². The van der Waals surface area contributed by atoms with Gasteiger partial charge in [-0.3, -0.25) is 0 Å². The Balaban J connectivity index is 2.81. The fourth-order valence-corrected chi connectivity index (χ4v) is 5.16. The van der Waals surface area contributed by atoms with Crippen molar-refractivity contribution < 1.29 is 18.6 Å². The van der Waals surface area contributed by atoms with Gasteiger partial charge in [0.05, 0.1) is 8.95 Å². The molecule has 21 heavy (non-hydrogen) atoms. The summed E-state index contributed by atoms with van der Waals surface area (Å²) in [6.07, 6.45) is 0. The molecule has 0 aliphatic carbocycles. The fraction of sp³-hybridized carbons (Fsp3) is 0. The molecule has 2 N–H and O–H groups in total. The van der Waals surface area contributed by atoms with Crippen molar-refractivity contribution in [1.29, 1.82) is 0 Å². The first kappa shape index (κ1) is 16.9. The van der Waals surface area contributed by atoms with E-state index in [4.69, 9.17) is 23.2 Å². The number of phenols is 2. The van der Waals surface area contributed by atoms with Crippen molar-refractivity contribution in [3.8, 4) is 11.5 Å². The minimum absolute atomic E-state index is 0.110. The van der Waals surface area contributed by atoms with Crippen molar-refractivity contribution in [2.75, 3.05) is 0 Å². The van der Waals surface area contributed by atoms with Crippen LogP contribution in [0.1, 0.15) is 0 Å². The van der Waals surface area contributed by atoms with Crippen LogP contribution in [-0.2, 0) is 9.84 Å². The number of hydrogen-bond acceptors (Lipinski definition) is 4. The van der Waals surface area contributed by atoms with E-state index in [9.17, 15) is 18.6 Å². The maximum atomic E-state index is 12.6. The Kier molecular flexibility index (Phi) is 4.80. The molecule has 0 bridgehead atoms. The van der Waals surface area contributed by atoms with Crippen LogP contribution < -0.4 is 0 Å². The van der Waals surface area contributed by atoms with E-state index < -0.39 is 31.1 Å². The van der Waals surface area contributed by atoms with Crippen LogP contribution in [0.25, 0.3) is 0 Å². The molecule has 2 aromatic rings. The van der Waals surface area contributed by atoms with E-state index in [1.807, 2.05) is 0 Å². The fourth-order valence-electron chi connectivity index (χ4n) is 1.61. The SMILES string of the molecule is O=S(=O)(c1cc(Cl)cc(Br)c1O)c1cc(Cl)cc(Br)c1O. The Hall–Kier alpha value is -0.470. The molecule has 0 unspecified atom stereocenters. The van der Waals surface area contributed by atoms with Gasteiger partial charge in [-0.1, -0.05) is 23.2 Å². The smallest absolute Gasteiger partial charge is 0.214 e. The highest BCUT2D eigenvalue weighted by atomic mass is 79.9. The van der Waals surface area contributed by atoms with Crippen molar-refractivity contribution in [3.63, 3.8) is 0 Å². The zero-order chi connectivity index (χ0) is 15.9. The Morgan fingerprint density at radius 3 is 1.48 bits per heavy atom. The van der Waals surface area contributed by atoms with Gasteiger partial charge in [-0.2, -0.15) is 0 Å². The molecule has 2 aromatic carbocycles. The summed E-state index contributed by atoms with van der Waals surface area (Å²) in [5.41, 5.74) is 0. The monoisotopic (exact) mass is 474 g/mol. The molecule has 0 radical (unpaired) electrons. The lowest BCUT2D eigenvalue weighted by Gasteiger charge is -2.11. The molecular formula is C12H6Br2Cl2O4S. The second-order valence-corrected chi connectivity index (χ2v) is 8.44. The zero-order valence-electron chi connectivity index (χ0n) is 9.94. The predicted molar refractivity (Wildman–Crippen MR) is 87.1 cm³/mol. The van der Waals surface area contributed by atoms with Crippen LogP contribution in [0.15, 0.2) is 43.0 Å². The lowest BCUT2D eigenvalue weighted by Crippen LogP contribution is -2.04. The number of benzene rings is 2. The zero-order valence-corrected chi connectivity index (χ0v) is 15.4. The molecule has 0 aromatic heterocycles. The molecule has 4 nitrogen and oxygen atoms in total. The van der Waals surface area contributed by atoms with Gasteiger partial charge in [0.1, 0.15) is 21.3 Å². The summed E-state index contributed by atoms with van der Waals surface area (Å²) in [4.78, 5) is -0.877. The van der Waals surface area contributed by atoms with Crippen LogP contribution in [0, 0.1) is 0 Å². The quantitative estimate of drug-likeness (QED) is 0.655. The molecule has 0 heterocycles. The maximum Gasteiger partial charge on any atom is 0.214 e. The first-order valence-corrected chi connectivity index (χ1v) is 9.08. The van der Waals surface area contributed by atoms with E-state index in [1.54, 1.807) is 0 Å². The lowest BCUT2D eigenvalue weighted by atomic mass is 10.3. The Morgan fingerprint density at radius 2 is 1.14 bits per heavy atom. The van der Waals surface area contributed by atoms with Crippen LogP contribution in [0.4, 0.5) is 0 Å². The maximum absolute atomic E-state index is 12.6. The van der Waals surface area contributed by atoms with Crippen LogP contribution >= 0.6 is 55.1 Å². The second-order valence-electron chi connectivity index (χ2n) is 3.97. The van der Waals surface area contributed by atoms with Crippen molar-refractivity contribution >= 4 is 64.9 Å². The molecule has 0 aliphatic rings. The molecule has 9 heteroatoms. The molecule has 0 atom stereocenters. The van der Waals surface area contributed by atoms with E-state index in [0.717, 1.165) is 12.1 Å². The van der Waals surface area contributed by atoms with Gasteiger partial charge >= 0.3 is 0 Å². The van der Waals surface area contributed by atoms with Gasteiger partial charge in [-0.15, -0.1) is 0 Å². The number of aromatic hydroxyl groups is 2. The summed E-state index contributed by atoms with van der Waals surface area (Å²) in [6.45, 7) is 0. The highest BCUT2D eigenvalue weighted by molar-refractivity contribution is 9.11. The third kappa shape index (κ3) is 3.17. The summed E-state index contributed by atoms with van der Waals surface area (Å²) in [5, 5.41) is 20.1. The summed E-state index contributed by atoms with van der Waals surface area (Å²) >= 11 is 17.7. The van der Waals surface area contributed by atoms with Gasteiger partial charge < -0.3 is 10.2 Å². The minimum Gasteiger partial charge on any atom is -0.505 e. The second kappa shape index (κ2) is 5.96. The van der Waals surface area contributed by atoms with E-state index in [0.29, 0.717) is 0 Å². The number of hydrogen-bond donors (Lipinski definition) is 2. The summed E-state index contributed by atoms with van der Waals surface area (Å²) in [5.74, 6) is -1.01. The minimum atomic E-state index is -4.22. The molecule has 0 saturated carbocycles. The number of sulfone groups is 1. The van der Waals surface area contributed by atoms with E-state index in [-0.39, 0.29) is 19.0 Å². The van der Waals surface area contributed by atoms with Crippen LogP contribution in [0.3, 0.4) is 0 Å². The van der Waals surface area contributed by atoms with Gasteiger partial charge in [0.2, 0.25) is 9.84 Å². The average Bonchev–Trinajstić information content (AvgIpc) is 2.37. The van der Waals surface area contributed by atoms with Gasteiger partial charge in [0.25, 0.3) is 0 Å². The Morgan fingerprint density at radius 1 is 0.810 bits per heavy atom. The van der Waals surface area contributed by atoms with Gasteiger partial charge in [-0.25, -0.2) is 8.42 Å². The summed E-state index contributed by atoms with van der Waals surface area (Å²) in [6, 6.07) is 4.88. The molecule has 0 saturated heterocycles. The van der Waals surface area contributed by atoms with Gasteiger partial charge in [-0.05, 0) is 56.1 Å². The van der Waals surface area contributed by atoms with E-state index in [2.05, 4.69) is 31.9 Å². The first-order chi connectivity index (χ1) is 9.64. The molecule has 0 fully saturated rings. The Labute approximate surface area is 147 Å². The van der Waals surface area contributed by atoms with Crippen molar-refractivity contribution in [1.82, 2.24) is 0 Å². The normalized spacial score (nSPS) is 11.6. The topological polar surface area (TPSA) is 74.6 Å². The molecule has 112 valence electrons. The average molecular weight is 477 g/mol. The third-order valence-corrected chi connectivity index (χ3v) is 5.99. The van der Waals surface area contributed by atoms with Crippen molar-refractivity contribution in [2.45, 2.75) is 9.79 Å². The predicted octanol–water partition coefficient (Wildman–Crippen LogP) is 4.76. The molecule has 0 spiro atoms. The van der Waals surface area contributed by atoms with Crippen LogP contribution in [0.5, 0.6) is 11.5 Å². The lowest BCUT2D eigenvalue weighted by molar-refractivity contribution is 0.449. The summed E-state index contributed by atoms with van der Waals surface area (Å²) in [7, 11) is -4.22. The summed E-state index contributed by atoms with van der Waals surface area (Å²) < 4.78 is 25.4. The molecule has 2 rings (SSSR count). The molecule has 0 amide bonds. The molecule has 0 aliphatic heterocycles. The van der Waals surface area contributed by atoms with Crippen LogP contribution in [-0.4, -0.2) is 18.6 Å². The molecular weight excluding hydrogens is 471 g/mol. The first-order valence-electron chi connectivity index (χ1n) is 5.25.